The average molecular weight is 328 g/mol. The lowest BCUT2D eigenvalue weighted by Crippen LogP contribution is -1.96. The topological polar surface area (TPSA) is 50.9 Å². The van der Waals surface area contributed by atoms with Gasteiger partial charge in [-0.05, 0) is 36.8 Å². The predicted octanol–water partition coefficient (Wildman–Crippen LogP) is 4.63. The number of rotatable bonds is 2. The van der Waals surface area contributed by atoms with E-state index in [0.29, 0.717) is 5.69 Å². The van der Waals surface area contributed by atoms with E-state index in [1.807, 2.05) is 30.3 Å². The summed E-state index contributed by atoms with van der Waals surface area (Å²) in [6.45, 7) is 2.08. The molecule has 0 aliphatic heterocycles. The average Bonchev–Trinajstić information content (AvgIpc) is 2.44. The molecule has 1 heterocycles. The van der Waals surface area contributed by atoms with E-state index in [9.17, 15) is 0 Å². The van der Waals surface area contributed by atoms with Crippen LogP contribution in [0, 0.1) is 6.92 Å². The van der Waals surface area contributed by atoms with Crippen LogP contribution in [0.5, 0.6) is 0 Å². The minimum atomic E-state index is 0.692. The Balaban J connectivity index is 2.11. The molecule has 4 heteroatoms. The molecule has 0 amide bonds. The van der Waals surface area contributed by atoms with E-state index in [1.165, 1.54) is 5.56 Å². The molecule has 3 rings (SSSR count). The highest BCUT2D eigenvalue weighted by molar-refractivity contribution is 9.10. The summed E-state index contributed by atoms with van der Waals surface area (Å²) < 4.78 is 1.04. The van der Waals surface area contributed by atoms with E-state index in [2.05, 4.69) is 45.3 Å². The van der Waals surface area contributed by atoms with Crippen molar-refractivity contribution in [2.24, 2.45) is 0 Å². The standard InChI is InChI=1S/C16H14BrN3/c1-10-5-6-11(17)9-15(10)20-14-7-8-19-16-12(14)3-2-4-13(16)18/h2-9H,18H2,1H3,(H,19,20). The van der Waals surface area contributed by atoms with Crippen LogP contribution in [0.3, 0.4) is 0 Å². The van der Waals surface area contributed by atoms with Gasteiger partial charge < -0.3 is 11.1 Å². The van der Waals surface area contributed by atoms with Crippen LogP contribution in [0.15, 0.2) is 53.1 Å². The number of halogens is 1. The maximum absolute atomic E-state index is 5.97. The third-order valence-corrected chi connectivity index (χ3v) is 3.76. The molecule has 0 spiro atoms. The molecule has 0 saturated heterocycles. The van der Waals surface area contributed by atoms with Crippen molar-refractivity contribution >= 4 is 43.9 Å². The Morgan fingerprint density at radius 1 is 1.10 bits per heavy atom. The van der Waals surface area contributed by atoms with Crippen LogP contribution >= 0.6 is 15.9 Å². The molecule has 100 valence electrons. The number of aryl methyl sites for hydroxylation is 1. The molecule has 3 aromatic rings. The van der Waals surface area contributed by atoms with Crippen molar-refractivity contribution in [2.75, 3.05) is 11.1 Å². The van der Waals surface area contributed by atoms with Gasteiger partial charge in [0.2, 0.25) is 0 Å². The zero-order valence-electron chi connectivity index (χ0n) is 11.0. The van der Waals surface area contributed by atoms with Gasteiger partial charge in [0.15, 0.2) is 0 Å². The molecule has 0 fully saturated rings. The fourth-order valence-corrected chi connectivity index (χ4v) is 2.54. The van der Waals surface area contributed by atoms with Crippen molar-refractivity contribution in [2.45, 2.75) is 6.92 Å². The van der Waals surface area contributed by atoms with Crippen LogP contribution in [0.2, 0.25) is 0 Å². The molecule has 2 aromatic carbocycles. The summed E-state index contributed by atoms with van der Waals surface area (Å²) in [6, 6.07) is 14.0. The van der Waals surface area contributed by atoms with E-state index >= 15 is 0 Å². The lowest BCUT2D eigenvalue weighted by Gasteiger charge is -2.12. The van der Waals surface area contributed by atoms with E-state index < -0.39 is 0 Å². The molecule has 20 heavy (non-hydrogen) atoms. The van der Waals surface area contributed by atoms with Crippen molar-refractivity contribution < 1.29 is 0 Å². The van der Waals surface area contributed by atoms with Gasteiger partial charge in [-0.1, -0.05) is 34.1 Å². The maximum atomic E-state index is 5.97. The van der Waals surface area contributed by atoms with Gasteiger partial charge in [-0.15, -0.1) is 0 Å². The van der Waals surface area contributed by atoms with Crippen molar-refractivity contribution in [1.29, 1.82) is 0 Å². The van der Waals surface area contributed by atoms with Crippen molar-refractivity contribution in [3.63, 3.8) is 0 Å². The van der Waals surface area contributed by atoms with Crippen molar-refractivity contribution in [3.8, 4) is 0 Å². The molecule has 0 saturated carbocycles. The first kappa shape index (κ1) is 12.9. The molecular formula is C16H14BrN3. The van der Waals surface area contributed by atoms with Gasteiger partial charge in [-0.3, -0.25) is 4.98 Å². The van der Waals surface area contributed by atoms with Gasteiger partial charge in [0, 0.05) is 27.4 Å². The first-order valence-electron chi connectivity index (χ1n) is 6.31. The monoisotopic (exact) mass is 327 g/mol. The van der Waals surface area contributed by atoms with Crippen LogP contribution in [0.25, 0.3) is 10.9 Å². The Hall–Kier alpha value is -2.07. The van der Waals surface area contributed by atoms with Crippen molar-refractivity contribution in [3.05, 3.63) is 58.7 Å². The molecule has 0 aliphatic carbocycles. The summed E-state index contributed by atoms with van der Waals surface area (Å²) in [7, 11) is 0. The number of hydrogen-bond acceptors (Lipinski definition) is 3. The van der Waals surface area contributed by atoms with Crippen molar-refractivity contribution in [1.82, 2.24) is 4.98 Å². The Labute approximate surface area is 126 Å². The summed E-state index contributed by atoms with van der Waals surface area (Å²) in [5.41, 5.74) is 10.7. The normalized spacial score (nSPS) is 10.7. The lowest BCUT2D eigenvalue weighted by molar-refractivity contribution is 1.39. The summed E-state index contributed by atoms with van der Waals surface area (Å²) in [6.07, 6.45) is 1.77. The maximum Gasteiger partial charge on any atom is 0.0951 e. The van der Waals surface area contributed by atoms with Gasteiger partial charge in [-0.25, -0.2) is 0 Å². The number of hydrogen-bond donors (Lipinski definition) is 2. The van der Waals surface area contributed by atoms with Gasteiger partial charge >= 0.3 is 0 Å². The first-order chi connectivity index (χ1) is 9.65. The zero-order chi connectivity index (χ0) is 14.1. The smallest absolute Gasteiger partial charge is 0.0951 e. The molecule has 0 bridgehead atoms. The molecule has 0 radical (unpaired) electrons. The molecule has 3 N–H and O–H groups in total. The molecule has 1 aromatic heterocycles. The van der Waals surface area contributed by atoms with Gasteiger partial charge in [0.1, 0.15) is 0 Å². The van der Waals surface area contributed by atoms with E-state index in [-0.39, 0.29) is 0 Å². The largest absolute Gasteiger partial charge is 0.397 e. The number of anilines is 3. The number of para-hydroxylation sites is 1. The van der Waals surface area contributed by atoms with E-state index in [0.717, 1.165) is 26.8 Å². The highest BCUT2D eigenvalue weighted by atomic mass is 79.9. The Kier molecular flexibility index (Phi) is 3.32. The lowest BCUT2D eigenvalue weighted by atomic mass is 10.1. The van der Waals surface area contributed by atoms with Crippen LogP contribution in [0.1, 0.15) is 5.56 Å². The van der Waals surface area contributed by atoms with Gasteiger partial charge in [0.05, 0.1) is 11.2 Å². The second-order valence-corrected chi connectivity index (χ2v) is 5.60. The van der Waals surface area contributed by atoms with Crippen LogP contribution in [0.4, 0.5) is 17.1 Å². The minimum Gasteiger partial charge on any atom is -0.397 e. The Bertz CT molecular complexity index is 784. The molecule has 0 aliphatic rings. The third-order valence-electron chi connectivity index (χ3n) is 3.27. The number of nitrogens with one attached hydrogen (secondary N) is 1. The Morgan fingerprint density at radius 3 is 2.80 bits per heavy atom. The number of benzene rings is 2. The summed E-state index contributed by atoms with van der Waals surface area (Å²) in [4.78, 5) is 4.35. The van der Waals surface area contributed by atoms with Crippen LogP contribution in [-0.2, 0) is 0 Å². The molecule has 3 nitrogen and oxygen atoms in total. The SMILES string of the molecule is Cc1ccc(Br)cc1Nc1ccnc2c(N)cccc12. The number of fused-ring (bicyclic) bond motifs is 1. The van der Waals surface area contributed by atoms with Crippen LogP contribution in [-0.4, -0.2) is 4.98 Å². The number of nitrogen functional groups attached to an aromatic ring is 1. The minimum absolute atomic E-state index is 0.692. The summed E-state index contributed by atoms with van der Waals surface area (Å²) in [5.74, 6) is 0. The quantitative estimate of drug-likeness (QED) is 0.674. The summed E-state index contributed by atoms with van der Waals surface area (Å²) in [5, 5.41) is 4.48. The number of pyridine rings is 1. The molecular weight excluding hydrogens is 314 g/mol. The van der Waals surface area contributed by atoms with Gasteiger partial charge in [-0.2, -0.15) is 0 Å². The van der Waals surface area contributed by atoms with E-state index in [4.69, 9.17) is 5.73 Å². The first-order valence-corrected chi connectivity index (χ1v) is 7.11. The second-order valence-electron chi connectivity index (χ2n) is 4.69. The fraction of sp³-hybridized carbons (Fsp3) is 0.0625. The number of nitrogens with two attached hydrogens (primary N) is 1. The van der Waals surface area contributed by atoms with E-state index in [1.54, 1.807) is 6.20 Å². The molecule has 0 unspecified atom stereocenters. The fourth-order valence-electron chi connectivity index (χ4n) is 2.18. The highest BCUT2D eigenvalue weighted by Gasteiger charge is 2.06. The Morgan fingerprint density at radius 2 is 1.95 bits per heavy atom. The number of aromatic nitrogens is 1. The second kappa shape index (κ2) is 5.13. The third kappa shape index (κ3) is 2.34. The van der Waals surface area contributed by atoms with Gasteiger partial charge in [0.25, 0.3) is 0 Å². The molecule has 0 atom stereocenters. The predicted molar refractivity (Wildman–Crippen MR) is 88.3 cm³/mol. The number of nitrogens with zero attached hydrogens (tertiary/aromatic N) is 1. The highest BCUT2D eigenvalue weighted by Crippen LogP contribution is 2.30. The summed E-state index contributed by atoms with van der Waals surface area (Å²) >= 11 is 3.50. The van der Waals surface area contributed by atoms with Crippen LogP contribution < -0.4 is 11.1 Å². The zero-order valence-corrected chi connectivity index (χ0v) is 12.6.